The maximum absolute atomic E-state index is 12.7. The number of aryl methyl sites for hydroxylation is 2. The Hall–Kier alpha value is -3.74. The highest BCUT2D eigenvalue weighted by Crippen LogP contribution is 2.14. The maximum Gasteiger partial charge on any atom is 0.264 e. The Labute approximate surface area is 161 Å². The van der Waals surface area contributed by atoms with E-state index in [9.17, 15) is 9.59 Å². The molecule has 4 aromatic rings. The summed E-state index contributed by atoms with van der Waals surface area (Å²) in [6.07, 6.45) is 3.16. The molecule has 28 heavy (non-hydrogen) atoms. The zero-order valence-electron chi connectivity index (χ0n) is 15.4. The molecule has 0 bridgehead atoms. The number of benzene rings is 2. The number of carbonyl (C=O) groups is 1. The van der Waals surface area contributed by atoms with Crippen molar-refractivity contribution in [1.29, 1.82) is 0 Å². The Kier molecular flexibility index (Phi) is 4.72. The summed E-state index contributed by atoms with van der Waals surface area (Å²) in [4.78, 5) is 29.2. The van der Waals surface area contributed by atoms with Crippen LogP contribution in [0.3, 0.4) is 0 Å². The number of amides is 1. The standard InChI is InChI=1S/C21H19N5O2/c1-15-7-9-17(10-8-15)26-20-18(13-23-26)21(28)25(14-22-20)12-11-19(27)24-16-5-3-2-4-6-16/h2-10,13-14H,11-12H2,1H3,(H,24,27). The highest BCUT2D eigenvalue weighted by atomic mass is 16.2. The molecule has 0 atom stereocenters. The van der Waals surface area contributed by atoms with Gasteiger partial charge in [0, 0.05) is 18.7 Å². The zero-order chi connectivity index (χ0) is 19.5. The first-order valence-corrected chi connectivity index (χ1v) is 8.97. The van der Waals surface area contributed by atoms with E-state index in [1.54, 1.807) is 4.68 Å². The van der Waals surface area contributed by atoms with Crippen molar-refractivity contribution in [3.8, 4) is 5.69 Å². The average molecular weight is 373 g/mol. The Morgan fingerprint density at radius 3 is 2.57 bits per heavy atom. The van der Waals surface area contributed by atoms with Gasteiger partial charge in [0.25, 0.3) is 5.56 Å². The summed E-state index contributed by atoms with van der Waals surface area (Å²) in [7, 11) is 0. The van der Waals surface area contributed by atoms with Crippen LogP contribution in [0.2, 0.25) is 0 Å². The molecule has 1 amide bonds. The van der Waals surface area contributed by atoms with Crippen LogP contribution in [0.1, 0.15) is 12.0 Å². The SMILES string of the molecule is Cc1ccc(-n2ncc3c(=O)n(CCC(=O)Nc4ccccc4)cnc32)cc1. The van der Waals surface area contributed by atoms with Gasteiger partial charge >= 0.3 is 0 Å². The predicted octanol–water partition coefficient (Wildman–Crippen LogP) is 2.92. The van der Waals surface area contributed by atoms with Crippen molar-refractivity contribution in [1.82, 2.24) is 19.3 Å². The van der Waals surface area contributed by atoms with Gasteiger partial charge in [0.05, 0.1) is 18.2 Å². The van der Waals surface area contributed by atoms with Crippen molar-refractivity contribution < 1.29 is 4.79 Å². The third-order valence-electron chi connectivity index (χ3n) is 4.47. The van der Waals surface area contributed by atoms with Crippen LogP contribution in [0.15, 0.2) is 71.9 Å². The number of hydrogen-bond acceptors (Lipinski definition) is 4. The topological polar surface area (TPSA) is 81.8 Å². The minimum absolute atomic E-state index is 0.159. The molecule has 7 nitrogen and oxygen atoms in total. The van der Waals surface area contributed by atoms with Gasteiger partial charge in [-0.3, -0.25) is 14.2 Å². The zero-order valence-corrected chi connectivity index (χ0v) is 15.4. The van der Waals surface area contributed by atoms with E-state index >= 15 is 0 Å². The first-order chi connectivity index (χ1) is 13.6. The molecular formula is C21H19N5O2. The van der Waals surface area contributed by atoms with Crippen LogP contribution in [0.4, 0.5) is 5.69 Å². The lowest BCUT2D eigenvalue weighted by Crippen LogP contribution is -2.23. The monoisotopic (exact) mass is 373 g/mol. The van der Waals surface area contributed by atoms with Gasteiger partial charge in [-0.25, -0.2) is 9.67 Å². The van der Waals surface area contributed by atoms with E-state index in [1.807, 2.05) is 61.5 Å². The lowest BCUT2D eigenvalue weighted by atomic mass is 10.2. The molecule has 4 rings (SSSR count). The number of hydrogen-bond donors (Lipinski definition) is 1. The quantitative estimate of drug-likeness (QED) is 0.583. The molecule has 0 fully saturated rings. The molecule has 0 aliphatic carbocycles. The summed E-state index contributed by atoms with van der Waals surface area (Å²) >= 11 is 0. The van der Waals surface area contributed by atoms with Gasteiger partial charge in [0.1, 0.15) is 5.39 Å². The van der Waals surface area contributed by atoms with Crippen LogP contribution in [0.5, 0.6) is 0 Å². The van der Waals surface area contributed by atoms with Crippen LogP contribution in [0, 0.1) is 6.92 Å². The summed E-state index contributed by atoms with van der Waals surface area (Å²) in [5.41, 5.74) is 3.00. The number of para-hydroxylation sites is 1. The Morgan fingerprint density at radius 1 is 1.07 bits per heavy atom. The number of fused-ring (bicyclic) bond motifs is 1. The van der Waals surface area contributed by atoms with Crippen molar-refractivity contribution in [2.45, 2.75) is 19.9 Å². The molecule has 2 aromatic heterocycles. The lowest BCUT2D eigenvalue weighted by Gasteiger charge is -2.07. The van der Waals surface area contributed by atoms with Crippen molar-refractivity contribution >= 4 is 22.6 Å². The van der Waals surface area contributed by atoms with Gasteiger partial charge in [0.2, 0.25) is 5.91 Å². The van der Waals surface area contributed by atoms with E-state index < -0.39 is 0 Å². The van der Waals surface area contributed by atoms with Crippen LogP contribution in [0.25, 0.3) is 16.7 Å². The number of aromatic nitrogens is 4. The van der Waals surface area contributed by atoms with Crippen molar-refractivity contribution in [2.75, 3.05) is 5.32 Å². The molecule has 0 radical (unpaired) electrons. The smallest absolute Gasteiger partial charge is 0.264 e. The molecule has 0 unspecified atom stereocenters. The van der Waals surface area contributed by atoms with E-state index in [0.717, 1.165) is 16.9 Å². The van der Waals surface area contributed by atoms with E-state index in [-0.39, 0.29) is 24.4 Å². The third-order valence-corrected chi connectivity index (χ3v) is 4.47. The summed E-state index contributed by atoms with van der Waals surface area (Å²) < 4.78 is 3.08. The molecule has 0 saturated heterocycles. The molecule has 2 heterocycles. The number of nitrogens with one attached hydrogen (secondary N) is 1. The second kappa shape index (κ2) is 7.48. The number of carbonyl (C=O) groups excluding carboxylic acids is 1. The fourth-order valence-corrected chi connectivity index (χ4v) is 2.95. The minimum Gasteiger partial charge on any atom is -0.326 e. The fourth-order valence-electron chi connectivity index (χ4n) is 2.95. The van der Waals surface area contributed by atoms with Gasteiger partial charge in [-0.1, -0.05) is 35.9 Å². The minimum atomic E-state index is -0.212. The Bertz CT molecular complexity index is 1180. The summed E-state index contributed by atoms with van der Waals surface area (Å²) in [5.74, 6) is -0.159. The fraction of sp³-hybridized carbons (Fsp3) is 0.143. The van der Waals surface area contributed by atoms with Crippen LogP contribution in [-0.2, 0) is 11.3 Å². The van der Waals surface area contributed by atoms with Gasteiger partial charge in [-0.2, -0.15) is 5.10 Å². The molecular weight excluding hydrogens is 354 g/mol. The molecule has 0 aliphatic rings. The molecule has 1 N–H and O–H groups in total. The molecule has 0 spiro atoms. The van der Waals surface area contributed by atoms with E-state index in [2.05, 4.69) is 15.4 Å². The Morgan fingerprint density at radius 2 is 1.82 bits per heavy atom. The van der Waals surface area contributed by atoms with Crippen LogP contribution >= 0.6 is 0 Å². The second-order valence-electron chi connectivity index (χ2n) is 6.54. The molecule has 0 aliphatic heterocycles. The summed E-state index contributed by atoms with van der Waals surface area (Å²) in [6, 6.07) is 17.0. The second-order valence-corrected chi connectivity index (χ2v) is 6.54. The summed E-state index contributed by atoms with van der Waals surface area (Å²) in [5, 5.41) is 7.54. The molecule has 140 valence electrons. The lowest BCUT2D eigenvalue weighted by molar-refractivity contribution is -0.116. The molecule has 2 aromatic carbocycles. The first-order valence-electron chi connectivity index (χ1n) is 8.97. The first kappa shape index (κ1) is 17.7. The van der Waals surface area contributed by atoms with Crippen LogP contribution < -0.4 is 10.9 Å². The highest BCUT2D eigenvalue weighted by molar-refractivity contribution is 5.90. The van der Waals surface area contributed by atoms with Crippen molar-refractivity contribution in [3.63, 3.8) is 0 Å². The number of rotatable bonds is 5. The van der Waals surface area contributed by atoms with Gasteiger partial charge in [-0.15, -0.1) is 0 Å². The van der Waals surface area contributed by atoms with Gasteiger partial charge < -0.3 is 5.32 Å². The number of anilines is 1. The maximum atomic E-state index is 12.7. The average Bonchev–Trinajstić information content (AvgIpc) is 3.14. The number of nitrogens with zero attached hydrogens (tertiary/aromatic N) is 4. The molecule has 7 heteroatoms. The van der Waals surface area contributed by atoms with E-state index in [1.165, 1.54) is 17.1 Å². The van der Waals surface area contributed by atoms with Crippen molar-refractivity contribution in [3.05, 3.63) is 83.0 Å². The summed E-state index contributed by atoms with van der Waals surface area (Å²) in [6.45, 7) is 2.26. The highest BCUT2D eigenvalue weighted by Gasteiger charge is 2.12. The largest absolute Gasteiger partial charge is 0.326 e. The normalized spacial score (nSPS) is 10.9. The van der Waals surface area contributed by atoms with Gasteiger partial charge in [0.15, 0.2) is 5.65 Å². The molecule has 0 saturated carbocycles. The Balaban J connectivity index is 1.53. The van der Waals surface area contributed by atoms with Crippen molar-refractivity contribution in [2.24, 2.45) is 0 Å². The predicted molar refractivity (Wildman–Crippen MR) is 108 cm³/mol. The third kappa shape index (κ3) is 3.55. The van der Waals surface area contributed by atoms with Gasteiger partial charge in [-0.05, 0) is 31.2 Å². The van der Waals surface area contributed by atoms with Crippen LogP contribution in [-0.4, -0.2) is 25.2 Å². The van der Waals surface area contributed by atoms with E-state index in [0.29, 0.717) is 11.0 Å². The van der Waals surface area contributed by atoms with E-state index in [4.69, 9.17) is 0 Å².